The van der Waals surface area contributed by atoms with E-state index in [1.165, 1.54) is 31.4 Å². The molecule has 0 saturated heterocycles. The Morgan fingerprint density at radius 1 is 1.11 bits per heavy atom. The van der Waals surface area contributed by atoms with Crippen molar-refractivity contribution in [3.63, 3.8) is 0 Å². The van der Waals surface area contributed by atoms with Crippen LogP contribution in [0, 0.1) is 17.6 Å². The lowest BCUT2D eigenvalue weighted by molar-refractivity contribution is 0.102. The van der Waals surface area contributed by atoms with Crippen LogP contribution in [0.3, 0.4) is 0 Å². The zero-order chi connectivity index (χ0) is 26.7. The average Bonchev–Trinajstić information content (AvgIpc) is 2.89. The maximum atomic E-state index is 13.4. The summed E-state index contributed by atoms with van der Waals surface area (Å²) in [5.74, 6) is -2.15. The van der Waals surface area contributed by atoms with E-state index in [1.54, 1.807) is 30.6 Å². The van der Waals surface area contributed by atoms with Gasteiger partial charge in [-0.15, -0.1) is 0 Å². The van der Waals surface area contributed by atoms with Crippen molar-refractivity contribution in [3.8, 4) is 11.1 Å². The number of hydrogen-bond acceptors (Lipinski definition) is 5. The maximum absolute atomic E-state index is 13.4. The summed E-state index contributed by atoms with van der Waals surface area (Å²) in [6.45, 7) is 6.35. The Morgan fingerprint density at radius 2 is 1.81 bits per heavy atom. The zero-order valence-corrected chi connectivity index (χ0v) is 22.0. The van der Waals surface area contributed by atoms with Gasteiger partial charge in [0.2, 0.25) is 0 Å². The number of carbonyl (C=O) groups is 1. The van der Waals surface area contributed by atoms with Gasteiger partial charge < -0.3 is 15.0 Å². The molecular weight excluding hydrogens is 506 g/mol. The fourth-order valence-corrected chi connectivity index (χ4v) is 4.06. The number of benzene rings is 2. The Kier molecular flexibility index (Phi) is 12.3. The van der Waals surface area contributed by atoms with Crippen LogP contribution in [0.15, 0.2) is 59.8 Å². The molecule has 36 heavy (non-hydrogen) atoms. The van der Waals surface area contributed by atoms with E-state index < -0.39 is 17.5 Å². The molecule has 2 aromatic carbocycles. The topological polar surface area (TPSA) is 82.5 Å². The van der Waals surface area contributed by atoms with Gasteiger partial charge in [-0.05, 0) is 66.3 Å². The van der Waals surface area contributed by atoms with Crippen molar-refractivity contribution >= 4 is 35.2 Å². The Balaban J connectivity index is 0.000000388. The Labute approximate surface area is 220 Å². The normalized spacial score (nSPS) is 12.3. The number of aromatic nitrogens is 1. The number of amides is 1. The first-order chi connectivity index (χ1) is 17.2. The smallest absolute Gasteiger partial charge is 0.256 e. The van der Waals surface area contributed by atoms with Crippen molar-refractivity contribution in [1.29, 1.82) is 0 Å². The molecular formula is C27H31ClF2N2O3S. The van der Waals surface area contributed by atoms with Gasteiger partial charge in [-0.3, -0.25) is 9.78 Å². The molecule has 0 fully saturated rings. The molecule has 2 atom stereocenters. The van der Waals surface area contributed by atoms with Crippen LogP contribution in [0.25, 0.3) is 11.1 Å². The fraction of sp³-hybridized carbons (Fsp3) is 0.333. The van der Waals surface area contributed by atoms with E-state index in [4.69, 9.17) is 11.6 Å². The average molecular weight is 537 g/mol. The second-order valence-corrected chi connectivity index (χ2v) is 9.36. The van der Waals surface area contributed by atoms with Crippen molar-refractivity contribution < 1.29 is 23.2 Å². The summed E-state index contributed by atoms with van der Waals surface area (Å²) < 4.78 is 35.8. The third-order valence-electron chi connectivity index (χ3n) is 5.67. The van der Waals surface area contributed by atoms with Gasteiger partial charge in [-0.25, -0.2) is 8.78 Å². The van der Waals surface area contributed by atoms with Crippen molar-refractivity contribution in [1.82, 2.24) is 4.98 Å². The van der Waals surface area contributed by atoms with E-state index in [2.05, 4.69) is 24.1 Å². The number of halogens is 3. The van der Waals surface area contributed by atoms with Crippen molar-refractivity contribution in [2.45, 2.75) is 57.5 Å². The molecule has 3 aromatic rings. The second kappa shape index (κ2) is 14.9. The van der Waals surface area contributed by atoms with Crippen LogP contribution in [-0.2, 0) is 0 Å². The molecule has 2 unspecified atom stereocenters. The number of carbonyl (C=O) groups excluding carboxylic acids is 1. The molecule has 0 bridgehead atoms. The number of anilines is 1. The summed E-state index contributed by atoms with van der Waals surface area (Å²) in [7, 11) is 0. The van der Waals surface area contributed by atoms with Crippen molar-refractivity contribution in [3.05, 3.63) is 77.1 Å². The predicted molar refractivity (Wildman–Crippen MR) is 142 cm³/mol. The summed E-state index contributed by atoms with van der Waals surface area (Å²) in [6.07, 6.45) is 7.60. The maximum Gasteiger partial charge on any atom is 0.256 e. The standard InChI is InChI=1S/C18H11ClF2N2O2S.C9H20O/c19-14-8-12(10-3-5-22-6-4-10)13(9-17(14)26-25)18(24)23-11-1-2-15(20)16(21)7-11;1-4-6-7-8(3)9(10)5-2/h1-9,25H,(H,23,24);8-10H,4-7H2,1-3H3. The van der Waals surface area contributed by atoms with E-state index in [1.807, 2.05) is 6.92 Å². The van der Waals surface area contributed by atoms with Gasteiger partial charge in [0, 0.05) is 41.8 Å². The number of hydrogen-bond donors (Lipinski definition) is 3. The van der Waals surface area contributed by atoms with Crippen molar-refractivity contribution in [2.75, 3.05) is 5.32 Å². The summed E-state index contributed by atoms with van der Waals surface area (Å²) in [5, 5.41) is 12.1. The summed E-state index contributed by atoms with van der Waals surface area (Å²) in [6, 6.07) is 9.44. The highest BCUT2D eigenvalue weighted by Crippen LogP contribution is 2.34. The first kappa shape index (κ1) is 29.7. The number of nitrogens with one attached hydrogen (secondary N) is 1. The number of unbranched alkanes of at least 4 members (excludes halogenated alkanes) is 1. The lowest BCUT2D eigenvalue weighted by Gasteiger charge is -2.15. The Bertz CT molecular complexity index is 1140. The molecule has 1 aromatic heterocycles. The highest BCUT2D eigenvalue weighted by Gasteiger charge is 2.18. The molecule has 3 rings (SSSR count). The predicted octanol–water partition coefficient (Wildman–Crippen LogP) is 8.08. The molecule has 194 valence electrons. The molecule has 0 aliphatic carbocycles. The Morgan fingerprint density at radius 3 is 2.39 bits per heavy atom. The molecule has 3 N–H and O–H groups in total. The minimum absolute atomic E-state index is 0.0773. The number of nitrogens with zero attached hydrogens (tertiary/aromatic N) is 1. The zero-order valence-electron chi connectivity index (χ0n) is 20.5. The van der Waals surface area contributed by atoms with E-state index in [-0.39, 0.29) is 22.4 Å². The SMILES string of the molecule is CCCCC(C)C(O)CC.O=C(Nc1ccc(F)c(F)c1)c1cc(SO)c(Cl)cc1-c1ccncc1. The molecule has 0 aliphatic heterocycles. The van der Waals surface area contributed by atoms with Gasteiger partial charge in [0.05, 0.1) is 16.0 Å². The van der Waals surface area contributed by atoms with E-state index in [0.717, 1.165) is 18.6 Å². The second-order valence-electron chi connectivity index (χ2n) is 8.33. The molecule has 1 amide bonds. The molecule has 5 nitrogen and oxygen atoms in total. The number of pyridine rings is 1. The molecule has 9 heteroatoms. The first-order valence-electron chi connectivity index (χ1n) is 11.7. The van der Waals surface area contributed by atoms with Gasteiger partial charge in [0.1, 0.15) is 0 Å². The highest BCUT2D eigenvalue weighted by molar-refractivity contribution is 7.93. The lowest BCUT2D eigenvalue weighted by Crippen LogP contribution is -2.15. The van der Waals surface area contributed by atoms with E-state index in [9.17, 15) is 23.2 Å². The van der Waals surface area contributed by atoms with E-state index >= 15 is 0 Å². The summed E-state index contributed by atoms with van der Waals surface area (Å²) >= 11 is 6.54. The largest absolute Gasteiger partial charge is 0.393 e. The molecule has 0 aliphatic rings. The van der Waals surface area contributed by atoms with Crippen LogP contribution in [0.5, 0.6) is 0 Å². The van der Waals surface area contributed by atoms with Crippen molar-refractivity contribution in [2.24, 2.45) is 5.92 Å². The van der Waals surface area contributed by atoms with Crippen LogP contribution in [0.1, 0.15) is 56.8 Å². The number of rotatable bonds is 9. The fourth-order valence-electron chi connectivity index (χ4n) is 3.47. The third kappa shape index (κ3) is 8.55. The van der Waals surface area contributed by atoms with Gasteiger partial charge in [0.15, 0.2) is 11.6 Å². The summed E-state index contributed by atoms with van der Waals surface area (Å²) in [5.41, 5.74) is 1.51. The van der Waals surface area contributed by atoms with Crippen LogP contribution >= 0.6 is 23.6 Å². The molecule has 0 spiro atoms. The molecule has 0 saturated carbocycles. The van der Waals surface area contributed by atoms with Crippen LogP contribution in [-0.4, -0.2) is 26.7 Å². The summed E-state index contributed by atoms with van der Waals surface area (Å²) in [4.78, 5) is 16.9. The van der Waals surface area contributed by atoms with Gasteiger partial charge in [-0.1, -0.05) is 45.2 Å². The van der Waals surface area contributed by atoms with Gasteiger partial charge >= 0.3 is 0 Å². The monoisotopic (exact) mass is 536 g/mol. The highest BCUT2D eigenvalue weighted by atomic mass is 35.5. The quantitative estimate of drug-likeness (QED) is 0.241. The molecule has 0 radical (unpaired) electrons. The minimum Gasteiger partial charge on any atom is -0.393 e. The number of aliphatic hydroxyl groups excluding tert-OH is 1. The Hall–Kier alpha value is -2.52. The van der Waals surface area contributed by atoms with Gasteiger partial charge in [-0.2, -0.15) is 0 Å². The third-order valence-corrected chi connectivity index (χ3v) is 6.63. The van der Waals surface area contributed by atoms with Crippen LogP contribution < -0.4 is 5.32 Å². The van der Waals surface area contributed by atoms with Gasteiger partial charge in [0.25, 0.3) is 5.91 Å². The number of aliphatic hydroxyl groups is 1. The minimum atomic E-state index is -1.07. The first-order valence-corrected chi connectivity index (χ1v) is 12.9. The van der Waals surface area contributed by atoms with Crippen LogP contribution in [0.2, 0.25) is 5.02 Å². The molecule has 1 heterocycles. The van der Waals surface area contributed by atoms with E-state index in [0.29, 0.717) is 34.0 Å². The van der Waals surface area contributed by atoms with Crippen LogP contribution in [0.4, 0.5) is 14.5 Å². The lowest BCUT2D eigenvalue weighted by atomic mass is 9.97.